The number of likely N-dealkylation sites (N-methyl/N-ethyl adjacent to an activating group) is 1. The lowest BCUT2D eigenvalue weighted by Crippen LogP contribution is -2.38. The van der Waals surface area contributed by atoms with Gasteiger partial charge in [0.15, 0.2) is 0 Å². The van der Waals surface area contributed by atoms with Crippen LogP contribution in [0.4, 0.5) is 0 Å². The molecule has 0 bridgehead atoms. The molecule has 1 N–H and O–H groups in total. The van der Waals surface area contributed by atoms with Crippen LogP contribution in [0.2, 0.25) is 0 Å². The first-order valence-electron chi connectivity index (χ1n) is 7.49. The Morgan fingerprint density at radius 2 is 1.95 bits per heavy atom. The zero-order chi connectivity index (χ0) is 15.3. The first kappa shape index (κ1) is 17.1. The fourth-order valence-electron chi connectivity index (χ4n) is 2.09. The fraction of sp³-hybridized carbons (Fsp3) is 0.867. The van der Waals surface area contributed by atoms with Crippen molar-refractivity contribution in [3.63, 3.8) is 0 Å². The lowest BCUT2D eigenvalue weighted by atomic mass is 10.0. The average Bonchev–Trinajstić information content (AvgIpc) is 2.75. The zero-order valence-corrected chi connectivity index (χ0v) is 14.1. The molecule has 0 aliphatic carbocycles. The molecule has 0 spiro atoms. The minimum atomic E-state index is -0.00490. The number of hydrogen-bond donors (Lipinski definition) is 1. The number of aromatic nitrogens is 3. The molecule has 0 saturated carbocycles. The van der Waals surface area contributed by atoms with E-state index in [1.54, 1.807) is 0 Å². The molecule has 0 aliphatic rings. The molecule has 5 nitrogen and oxygen atoms in total. The molecule has 116 valence electrons. The van der Waals surface area contributed by atoms with E-state index in [0.29, 0.717) is 12.0 Å². The third kappa shape index (κ3) is 5.59. The highest BCUT2D eigenvalue weighted by molar-refractivity contribution is 4.94. The maximum Gasteiger partial charge on any atom is 0.0965 e. The highest BCUT2D eigenvalue weighted by Gasteiger charge is 2.16. The summed E-state index contributed by atoms with van der Waals surface area (Å²) >= 11 is 0. The van der Waals surface area contributed by atoms with E-state index in [1.165, 1.54) is 6.42 Å². The predicted molar refractivity (Wildman–Crippen MR) is 83.7 cm³/mol. The molecule has 20 heavy (non-hydrogen) atoms. The Balaban J connectivity index is 2.45. The Morgan fingerprint density at radius 3 is 2.40 bits per heavy atom. The van der Waals surface area contributed by atoms with E-state index < -0.39 is 0 Å². The summed E-state index contributed by atoms with van der Waals surface area (Å²) in [6, 6.07) is 0.563. The van der Waals surface area contributed by atoms with Crippen LogP contribution in [0.15, 0.2) is 6.20 Å². The van der Waals surface area contributed by atoms with Gasteiger partial charge in [0.2, 0.25) is 0 Å². The van der Waals surface area contributed by atoms with Gasteiger partial charge in [0.05, 0.1) is 17.4 Å². The minimum Gasteiger partial charge on any atom is -0.309 e. The van der Waals surface area contributed by atoms with Gasteiger partial charge in [0.1, 0.15) is 0 Å². The van der Waals surface area contributed by atoms with Crippen molar-refractivity contribution in [2.75, 3.05) is 20.6 Å². The third-order valence-corrected chi connectivity index (χ3v) is 3.39. The quantitative estimate of drug-likeness (QED) is 0.831. The average molecular weight is 281 g/mol. The number of nitrogens with zero attached hydrogens (tertiary/aromatic N) is 4. The van der Waals surface area contributed by atoms with E-state index >= 15 is 0 Å². The molecular weight excluding hydrogens is 250 g/mol. The SMILES string of the molecule is CC(C)CC(CNCc1cn(C(C)(C)C)nn1)N(C)C. The van der Waals surface area contributed by atoms with Crippen LogP contribution in [0.5, 0.6) is 0 Å². The summed E-state index contributed by atoms with van der Waals surface area (Å²) in [7, 11) is 4.29. The maximum absolute atomic E-state index is 4.22. The minimum absolute atomic E-state index is 0.00490. The molecule has 1 atom stereocenters. The van der Waals surface area contributed by atoms with Crippen molar-refractivity contribution in [3.8, 4) is 0 Å². The van der Waals surface area contributed by atoms with Crippen LogP contribution < -0.4 is 5.32 Å². The second-order valence-corrected chi connectivity index (χ2v) is 7.20. The van der Waals surface area contributed by atoms with Crippen LogP contribution in [-0.4, -0.2) is 46.6 Å². The fourth-order valence-corrected chi connectivity index (χ4v) is 2.09. The van der Waals surface area contributed by atoms with Crippen LogP contribution in [0, 0.1) is 5.92 Å². The van der Waals surface area contributed by atoms with Crippen molar-refractivity contribution in [2.45, 2.75) is 59.2 Å². The van der Waals surface area contributed by atoms with Gasteiger partial charge in [-0.1, -0.05) is 19.1 Å². The summed E-state index contributed by atoms with van der Waals surface area (Å²) in [5, 5.41) is 11.9. The van der Waals surface area contributed by atoms with E-state index in [4.69, 9.17) is 0 Å². The smallest absolute Gasteiger partial charge is 0.0965 e. The Hall–Kier alpha value is -0.940. The standard InChI is InChI=1S/C15H31N5/c1-12(2)8-14(19(6)7)10-16-9-13-11-20(18-17-13)15(3,4)5/h11-12,14,16H,8-10H2,1-7H3. The van der Waals surface area contributed by atoms with Crippen molar-refractivity contribution in [2.24, 2.45) is 5.92 Å². The van der Waals surface area contributed by atoms with Gasteiger partial charge in [-0.3, -0.25) is 0 Å². The van der Waals surface area contributed by atoms with Gasteiger partial charge in [-0.05, 0) is 47.2 Å². The van der Waals surface area contributed by atoms with Crippen molar-refractivity contribution in [1.29, 1.82) is 0 Å². The van der Waals surface area contributed by atoms with Gasteiger partial charge in [0, 0.05) is 19.1 Å². The highest BCUT2D eigenvalue weighted by Crippen LogP contribution is 2.12. The monoisotopic (exact) mass is 281 g/mol. The van der Waals surface area contributed by atoms with Gasteiger partial charge in [-0.2, -0.15) is 0 Å². The van der Waals surface area contributed by atoms with Crippen LogP contribution >= 0.6 is 0 Å². The number of rotatable bonds is 7. The summed E-state index contributed by atoms with van der Waals surface area (Å²) < 4.78 is 1.92. The molecule has 0 fully saturated rings. The highest BCUT2D eigenvalue weighted by atomic mass is 15.4. The number of nitrogens with one attached hydrogen (secondary N) is 1. The molecule has 1 heterocycles. The normalized spacial score (nSPS) is 14.2. The molecule has 0 aromatic carbocycles. The van der Waals surface area contributed by atoms with Crippen LogP contribution in [0.3, 0.4) is 0 Å². The summed E-state index contributed by atoms with van der Waals surface area (Å²) in [6.07, 6.45) is 3.23. The summed E-state index contributed by atoms with van der Waals surface area (Å²) in [4.78, 5) is 2.29. The van der Waals surface area contributed by atoms with E-state index in [-0.39, 0.29) is 5.54 Å². The molecule has 0 radical (unpaired) electrons. The Bertz CT molecular complexity index is 389. The molecular formula is C15H31N5. The summed E-state index contributed by atoms with van der Waals surface area (Å²) in [5.74, 6) is 0.714. The van der Waals surface area contributed by atoms with E-state index in [2.05, 4.69) is 69.2 Å². The molecule has 1 rings (SSSR count). The lowest BCUT2D eigenvalue weighted by Gasteiger charge is -2.26. The van der Waals surface area contributed by atoms with Gasteiger partial charge in [-0.25, -0.2) is 4.68 Å². The predicted octanol–water partition coefficient (Wildman–Crippen LogP) is 2.10. The molecule has 5 heteroatoms. The molecule has 0 amide bonds. The molecule has 1 unspecified atom stereocenters. The summed E-state index contributed by atoms with van der Waals surface area (Å²) in [6.45, 7) is 12.7. The van der Waals surface area contributed by atoms with Crippen LogP contribution in [0.25, 0.3) is 0 Å². The van der Waals surface area contributed by atoms with Crippen molar-refractivity contribution >= 4 is 0 Å². The van der Waals surface area contributed by atoms with E-state index in [1.807, 2.05) is 10.9 Å². The number of hydrogen-bond acceptors (Lipinski definition) is 4. The van der Waals surface area contributed by atoms with Crippen molar-refractivity contribution in [3.05, 3.63) is 11.9 Å². The lowest BCUT2D eigenvalue weighted by molar-refractivity contribution is 0.246. The van der Waals surface area contributed by atoms with Gasteiger partial charge in [-0.15, -0.1) is 5.10 Å². The first-order valence-corrected chi connectivity index (χ1v) is 7.49. The second kappa shape index (κ2) is 7.18. The molecule has 0 aliphatic heterocycles. The van der Waals surface area contributed by atoms with Gasteiger partial charge in [0.25, 0.3) is 0 Å². The third-order valence-electron chi connectivity index (χ3n) is 3.39. The zero-order valence-electron chi connectivity index (χ0n) is 14.1. The topological polar surface area (TPSA) is 46.0 Å². The molecule has 0 saturated heterocycles. The molecule has 1 aromatic rings. The Morgan fingerprint density at radius 1 is 1.30 bits per heavy atom. The largest absolute Gasteiger partial charge is 0.309 e. The van der Waals surface area contributed by atoms with E-state index in [9.17, 15) is 0 Å². The van der Waals surface area contributed by atoms with Crippen LogP contribution in [-0.2, 0) is 12.1 Å². The van der Waals surface area contributed by atoms with E-state index in [0.717, 1.165) is 18.8 Å². The second-order valence-electron chi connectivity index (χ2n) is 7.20. The van der Waals surface area contributed by atoms with Gasteiger partial charge >= 0.3 is 0 Å². The van der Waals surface area contributed by atoms with Crippen LogP contribution in [0.1, 0.15) is 46.7 Å². The molecule has 1 aromatic heterocycles. The summed E-state index contributed by atoms with van der Waals surface area (Å²) in [5.41, 5.74) is 0.997. The van der Waals surface area contributed by atoms with Crippen molar-refractivity contribution < 1.29 is 0 Å². The Kier molecular flexibility index (Phi) is 6.14. The Labute approximate surface area is 123 Å². The maximum atomic E-state index is 4.22. The van der Waals surface area contributed by atoms with Crippen molar-refractivity contribution in [1.82, 2.24) is 25.2 Å². The van der Waals surface area contributed by atoms with Gasteiger partial charge < -0.3 is 10.2 Å². The first-order chi connectivity index (χ1) is 9.20.